The minimum Gasteiger partial charge on any atom is -0.481 e. The summed E-state index contributed by atoms with van der Waals surface area (Å²) in [5.41, 5.74) is 1.01. The molecule has 0 radical (unpaired) electrons. The largest absolute Gasteiger partial charge is 0.481 e. The Labute approximate surface area is 209 Å². The lowest BCUT2D eigenvalue weighted by Gasteiger charge is -2.36. The van der Waals surface area contributed by atoms with Gasteiger partial charge in [0.1, 0.15) is 21.8 Å². The minimum atomic E-state index is -1.00. The van der Waals surface area contributed by atoms with Crippen molar-refractivity contribution in [1.82, 2.24) is 9.47 Å². The summed E-state index contributed by atoms with van der Waals surface area (Å²) in [6.07, 6.45) is 5.33. The van der Waals surface area contributed by atoms with Crippen LogP contribution in [0.5, 0.6) is 0 Å². The third-order valence-corrected chi connectivity index (χ3v) is 7.61. The van der Waals surface area contributed by atoms with Gasteiger partial charge in [0, 0.05) is 31.7 Å². The maximum atomic E-state index is 13.3. The van der Waals surface area contributed by atoms with Crippen LogP contribution in [0.25, 0.3) is 6.08 Å². The van der Waals surface area contributed by atoms with Crippen molar-refractivity contribution in [2.24, 2.45) is 5.92 Å². The van der Waals surface area contributed by atoms with Crippen LogP contribution in [0.3, 0.4) is 0 Å². The highest BCUT2D eigenvalue weighted by molar-refractivity contribution is 8.26. The van der Waals surface area contributed by atoms with Crippen LogP contribution in [0.15, 0.2) is 9.70 Å². The summed E-state index contributed by atoms with van der Waals surface area (Å²) in [4.78, 5) is 41.3. The standard InChI is InChI=1S/C24H30N4O4S2/c1-4-5-10-27-21(26-9-6-7-15(2)14-26)17(16(3)18(13-25)22(27)31)12-19-23(32)28(24(33)34-19)11-8-20(29)30/h12,15H,4-11,14H2,1-3H3,(H,29,30)/b19-12+. The number of thioether (sulfide) groups is 1. The smallest absolute Gasteiger partial charge is 0.305 e. The van der Waals surface area contributed by atoms with Crippen molar-refractivity contribution in [1.29, 1.82) is 5.26 Å². The molecule has 0 aromatic carbocycles. The maximum Gasteiger partial charge on any atom is 0.305 e. The van der Waals surface area contributed by atoms with E-state index in [2.05, 4.69) is 24.8 Å². The number of anilines is 1. The van der Waals surface area contributed by atoms with E-state index in [1.165, 1.54) is 4.90 Å². The zero-order valence-corrected chi connectivity index (χ0v) is 21.4. The number of rotatable bonds is 8. The van der Waals surface area contributed by atoms with E-state index in [1.807, 2.05) is 0 Å². The van der Waals surface area contributed by atoms with Gasteiger partial charge in [-0.15, -0.1) is 0 Å². The second-order valence-corrected chi connectivity index (χ2v) is 10.5. The van der Waals surface area contributed by atoms with Crippen LogP contribution < -0.4 is 10.5 Å². The van der Waals surface area contributed by atoms with E-state index < -0.39 is 5.97 Å². The predicted molar refractivity (Wildman–Crippen MR) is 138 cm³/mol. The summed E-state index contributed by atoms with van der Waals surface area (Å²) >= 11 is 6.46. The Morgan fingerprint density at radius 1 is 1.35 bits per heavy atom. The molecule has 2 fully saturated rings. The number of piperidine rings is 1. The molecule has 2 aliphatic heterocycles. The van der Waals surface area contributed by atoms with Crippen molar-refractivity contribution in [2.75, 3.05) is 24.5 Å². The lowest BCUT2D eigenvalue weighted by Crippen LogP contribution is -2.40. The molecule has 0 aliphatic carbocycles. The minimum absolute atomic E-state index is 0.00621. The highest BCUT2D eigenvalue weighted by atomic mass is 32.2. The van der Waals surface area contributed by atoms with Gasteiger partial charge in [0.15, 0.2) is 0 Å². The molecular weight excluding hydrogens is 472 g/mol. The first kappa shape index (κ1) is 26.0. The molecule has 1 atom stereocenters. The summed E-state index contributed by atoms with van der Waals surface area (Å²) < 4.78 is 2.01. The van der Waals surface area contributed by atoms with Crippen LogP contribution in [-0.4, -0.2) is 50.4 Å². The van der Waals surface area contributed by atoms with E-state index in [1.54, 1.807) is 17.6 Å². The molecule has 1 N–H and O–H groups in total. The second-order valence-electron chi connectivity index (χ2n) is 8.83. The molecule has 1 aromatic rings. The summed E-state index contributed by atoms with van der Waals surface area (Å²) in [5.74, 6) is -0.144. The topological polar surface area (TPSA) is 107 Å². The second kappa shape index (κ2) is 11.2. The Morgan fingerprint density at radius 2 is 2.09 bits per heavy atom. The van der Waals surface area contributed by atoms with Crippen LogP contribution in [0.2, 0.25) is 0 Å². The molecule has 182 valence electrons. The zero-order chi connectivity index (χ0) is 25.0. The molecule has 8 nitrogen and oxygen atoms in total. The van der Waals surface area contributed by atoms with Gasteiger partial charge in [-0.1, -0.05) is 44.2 Å². The Kier molecular flexibility index (Phi) is 8.55. The number of pyridine rings is 1. The molecule has 2 saturated heterocycles. The Balaban J connectivity index is 2.18. The third-order valence-electron chi connectivity index (χ3n) is 6.24. The summed E-state index contributed by atoms with van der Waals surface area (Å²) in [6, 6.07) is 2.07. The van der Waals surface area contributed by atoms with Crippen LogP contribution in [0, 0.1) is 24.2 Å². The van der Waals surface area contributed by atoms with Gasteiger partial charge in [-0.05, 0) is 43.7 Å². The normalized spacial score (nSPS) is 19.7. The first-order valence-corrected chi connectivity index (χ1v) is 12.8. The number of nitrogens with zero attached hydrogens (tertiary/aromatic N) is 4. The highest BCUT2D eigenvalue weighted by Gasteiger charge is 2.33. The van der Waals surface area contributed by atoms with Crippen molar-refractivity contribution in [2.45, 2.75) is 59.4 Å². The number of hydrogen-bond donors (Lipinski definition) is 1. The maximum absolute atomic E-state index is 13.3. The number of carboxylic acids is 1. The molecule has 0 saturated carbocycles. The van der Waals surface area contributed by atoms with E-state index in [0.29, 0.717) is 32.8 Å². The van der Waals surface area contributed by atoms with Crippen molar-refractivity contribution in [3.63, 3.8) is 0 Å². The molecule has 1 amide bonds. The van der Waals surface area contributed by atoms with Gasteiger partial charge in [-0.2, -0.15) is 5.26 Å². The number of carbonyl (C=O) groups is 2. The summed E-state index contributed by atoms with van der Waals surface area (Å²) in [7, 11) is 0. The Morgan fingerprint density at radius 3 is 2.71 bits per heavy atom. The van der Waals surface area contributed by atoms with Gasteiger partial charge in [0.05, 0.1) is 11.3 Å². The lowest BCUT2D eigenvalue weighted by atomic mass is 9.98. The van der Waals surface area contributed by atoms with Crippen LogP contribution in [0.4, 0.5) is 5.82 Å². The van der Waals surface area contributed by atoms with Gasteiger partial charge >= 0.3 is 5.97 Å². The summed E-state index contributed by atoms with van der Waals surface area (Å²) in [6.45, 7) is 8.06. The zero-order valence-electron chi connectivity index (χ0n) is 19.8. The Bertz CT molecular complexity index is 1140. The molecule has 34 heavy (non-hydrogen) atoms. The van der Waals surface area contributed by atoms with Gasteiger partial charge in [-0.25, -0.2) is 0 Å². The van der Waals surface area contributed by atoms with Gasteiger partial charge in [0.2, 0.25) is 0 Å². The average Bonchev–Trinajstić information content (AvgIpc) is 3.05. The fourth-order valence-electron chi connectivity index (χ4n) is 4.42. The number of amides is 1. The number of aromatic nitrogens is 1. The fraction of sp³-hybridized carbons (Fsp3) is 0.542. The van der Waals surface area contributed by atoms with Gasteiger partial charge in [0.25, 0.3) is 11.5 Å². The average molecular weight is 503 g/mol. The van der Waals surface area contributed by atoms with E-state index in [-0.39, 0.29) is 30.0 Å². The summed E-state index contributed by atoms with van der Waals surface area (Å²) in [5, 5.41) is 18.8. The number of carbonyl (C=O) groups excluding carboxylic acids is 1. The molecule has 1 unspecified atom stereocenters. The number of nitriles is 1. The van der Waals surface area contributed by atoms with Crippen molar-refractivity contribution >= 4 is 52.1 Å². The van der Waals surface area contributed by atoms with Crippen LogP contribution in [0.1, 0.15) is 62.6 Å². The van der Waals surface area contributed by atoms with E-state index >= 15 is 0 Å². The number of aliphatic carboxylic acids is 1. The molecule has 0 bridgehead atoms. The van der Waals surface area contributed by atoms with Gasteiger partial charge < -0.3 is 10.0 Å². The predicted octanol–water partition coefficient (Wildman–Crippen LogP) is 3.74. The molecule has 0 spiro atoms. The lowest BCUT2D eigenvalue weighted by molar-refractivity contribution is -0.137. The fourth-order valence-corrected chi connectivity index (χ4v) is 5.71. The molecular formula is C24H30N4O4S2. The van der Waals surface area contributed by atoms with E-state index in [0.717, 1.165) is 56.4 Å². The quantitative estimate of drug-likeness (QED) is 0.423. The molecule has 3 rings (SSSR count). The third kappa shape index (κ3) is 5.36. The van der Waals surface area contributed by atoms with Crippen molar-refractivity contribution in [3.8, 4) is 6.07 Å². The monoisotopic (exact) mass is 502 g/mol. The van der Waals surface area contributed by atoms with Gasteiger partial charge in [-0.3, -0.25) is 23.9 Å². The molecule has 3 heterocycles. The molecule has 1 aromatic heterocycles. The van der Waals surface area contributed by atoms with Crippen molar-refractivity contribution in [3.05, 3.63) is 31.9 Å². The van der Waals surface area contributed by atoms with Crippen molar-refractivity contribution < 1.29 is 14.7 Å². The number of carboxylic acid groups (broad SMARTS) is 1. The van der Waals surface area contributed by atoms with E-state index in [4.69, 9.17) is 17.3 Å². The number of unbranched alkanes of at least 4 members (excludes halogenated alkanes) is 1. The van der Waals surface area contributed by atoms with Crippen LogP contribution in [-0.2, 0) is 16.1 Å². The molecule has 10 heteroatoms. The van der Waals surface area contributed by atoms with Crippen LogP contribution >= 0.6 is 24.0 Å². The van der Waals surface area contributed by atoms with E-state index in [9.17, 15) is 19.6 Å². The first-order chi connectivity index (χ1) is 16.2. The first-order valence-electron chi connectivity index (χ1n) is 11.6. The number of hydrogen-bond acceptors (Lipinski definition) is 7. The molecule has 2 aliphatic rings. The Hall–Kier alpha value is -2.64. The SMILES string of the molecule is CCCCn1c(N2CCCC(C)C2)c(/C=C2/SC(=S)N(CCC(=O)O)C2=O)c(C)c(C#N)c1=O. The number of thiocarbonyl (C=S) groups is 1. The highest BCUT2D eigenvalue weighted by Crippen LogP contribution is 2.37.